The molecule has 1 aromatic carbocycles. The van der Waals surface area contributed by atoms with Gasteiger partial charge in [-0.3, -0.25) is 4.18 Å². The second-order valence-electron chi connectivity index (χ2n) is 11.7. The Kier molecular flexibility index (Phi) is 7.59. The number of benzene rings is 1. The molecule has 35 heavy (non-hydrogen) atoms. The zero-order chi connectivity index (χ0) is 25.9. The largest absolute Gasteiger partial charge is 0.348 e. The highest BCUT2D eigenvalue weighted by Crippen LogP contribution is 2.43. The summed E-state index contributed by atoms with van der Waals surface area (Å²) in [4.78, 5) is 0.753. The number of hydrogen-bond donors (Lipinski definition) is 0. The SMILES string of the molecule is CC(C)c1cc(C(C)C)c([S@](=O)O[C@@H]2[C@H]3OC(C)(C)O[C@H]3O[C@@H]2[C@H]2COC(C)(C)O2)c(C(C)C)c1. The van der Waals surface area contributed by atoms with E-state index in [1.54, 1.807) is 0 Å². The molecule has 4 rings (SSSR count). The Balaban J connectivity index is 1.69. The fourth-order valence-corrected chi connectivity index (χ4v) is 6.51. The molecule has 0 spiro atoms. The minimum absolute atomic E-state index is 0.189. The van der Waals surface area contributed by atoms with Gasteiger partial charge in [0.15, 0.2) is 28.9 Å². The first-order valence-electron chi connectivity index (χ1n) is 12.8. The van der Waals surface area contributed by atoms with Gasteiger partial charge in [0.25, 0.3) is 0 Å². The number of ether oxygens (including phenoxy) is 5. The van der Waals surface area contributed by atoms with E-state index >= 15 is 0 Å². The average molecular weight is 511 g/mol. The van der Waals surface area contributed by atoms with E-state index in [9.17, 15) is 4.21 Å². The molecule has 7 nitrogen and oxygen atoms in total. The van der Waals surface area contributed by atoms with Crippen LogP contribution in [0.15, 0.2) is 17.0 Å². The monoisotopic (exact) mass is 510 g/mol. The molecular formula is C27H42O7S. The minimum atomic E-state index is -1.75. The van der Waals surface area contributed by atoms with Gasteiger partial charge >= 0.3 is 0 Å². The third-order valence-electron chi connectivity index (χ3n) is 6.87. The predicted molar refractivity (Wildman–Crippen MR) is 134 cm³/mol. The van der Waals surface area contributed by atoms with E-state index in [4.69, 9.17) is 27.9 Å². The van der Waals surface area contributed by atoms with Crippen LogP contribution >= 0.6 is 0 Å². The summed E-state index contributed by atoms with van der Waals surface area (Å²) in [5, 5.41) is 0. The Morgan fingerprint density at radius 2 is 1.46 bits per heavy atom. The van der Waals surface area contributed by atoms with Gasteiger partial charge in [0.05, 0.1) is 11.5 Å². The predicted octanol–water partition coefficient (Wildman–Crippen LogP) is 5.49. The second-order valence-corrected chi connectivity index (χ2v) is 12.8. The van der Waals surface area contributed by atoms with Crippen LogP contribution in [0.5, 0.6) is 0 Å². The number of fused-ring (bicyclic) bond motifs is 1. The van der Waals surface area contributed by atoms with Crippen molar-refractivity contribution >= 4 is 11.1 Å². The van der Waals surface area contributed by atoms with Crippen molar-refractivity contribution in [2.45, 2.75) is 134 Å². The van der Waals surface area contributed by atoms with Crippen LogP contribution in [-0.2, 0) is 38.9 Å². The lowest BCUT2D eigenvalue weighted by Gasteiger charge is -2.29. The van der Waals surface area contributed by atoms with Gasteiger partial charge in [-0.15, -0.1) is 0 Å². The van der Waals surface area contributed by atoms with Gasteiger partial charge in [-0.05, 0) is 62.1 Å². The van der Waals surface area contributed by atoms with Gasteiger partial charge in [-0.2, -0.15) is 0 Å². The number of hydrogen-bond acceptors (Lipinski definition) is 7. The molecule has 0 N–H and O–H groups in total. The van der Waals surface area contributed by atoms with E-state index in [0.717, 1.165) is 16.0 Å². The summed E-state index contributed by atoms with van der Waals surface area (Å²) in [6, 6.07) is 4.36. The molecule has 3 heterocycles. The first-order valence-corrected chi connectivity index (χ1v) is 13.9. The maximum atomic E-state index is 14.0. The maximum absolute atomic E-state index is 14.0. The molecule has 0 aliphatic carbocycles. The highest BCUT2D eigenvalue weighted by atomic mass is 32.2. The third kappa shape index (κ3) is 5.54. The van der Waals surface area contributed by atoms with E-state index < -0.39 is 47.3 Å². The fraction of sp³-hybridized carbons (Fsp3) is 0.778. The molecule has 3 aliphatic heterocycles. The van der Waals surface area contributed by atoms with Gasteiger partial charge in [-0.1, -0.05) is 53.7 Å². The zero-order valence-corrected chi connectivity index (χ0v) is 23.6. The number of rotatable bonds is 7. The normalized spacial score (nSPS) is 32.7. The van der Waals surface area contributed by atoms with Crippen molar-refractivity contribution in [3.8, 4) is 0 Å². The molecular weight excluding hydrogens is 468 g/mol. The first-order chi connectivity index (χ1) is 16.2. The molecule has 3 aliphatic rings. The first kappa shape index (κ1) is 27.2. The Morgan fingerprint density at radius 1 is 0.857 bits per heavy atom. The fourth-order valence-electron chi connectivity index (χ4n) is 5.02. The van der Waals surface area contributed by atoms with E-state index in [2.05, 4.69) is 53.7 Å². The molecule has 0 amide bonds. The Labute approximate surface area is 212 Å². The molecule has 1 aromatic rings. The standard InChI is InChI=1S/C27H42O7S/c1-14(2)17-11-18(15(3)4)24(19(12-17)16(5)6)35(28)34-22-21(20-13-29-26(7,8)31-20)30-25-23(22)32-27(9,10)33-25/h11-12,14-16,20-23,25H,13H2,1-10H3/t20-,21-,22+,23-,25-,35-/m1/s1. The topological polar surface area (TPSA) is 72.5 Å². The van der Waals surface area contributed by atoms with Crippen molar-refractivity contribution in [1.29, 1.82) is 0 Å². The van der Waals surface area contributed by atoms with Crippen LogP contribution in [0.1, 0.15) is 104 Å². The Bertz CT molecular complexity index is 926. The van der Waals surface area contributed by atoms with Crippen molar-refractivity contribution in [2.75, 3.05) is 6.61 Å². The molecule has 0 bridgehead atoms. The van der Waals surface area contributed by atoms with Crippen LogP contribution in [-0.4, -0.2) is 53.1 Å². The van der Waals surface area contributed by atoms with Crippen molar-refractivity contribution in [3.05, 3.63) is 28.8 Å². The van der Waals surface area contributed by atoms with Crippen LogP contribution in [0.25, 0.3) is 0 Å². The molecule has 0 unspecified atom stereocenters. The smallest absolute Gasteiger partial charge is 0.190 e. The Hall–Kier alpha value is -0.870. The molecule has 0 saturated carbocycles. The minimum Gasteiger partial charge on any atom is -0.348 e. The van der Waals surface area contributed by atoms with Crippen LogP contribution in [0, 0.1) is 0 Å². The lowest BCUT2D eigenvalue weighted by molar-refractivity contribution is -0.230. The summed E-state index contributed by atoms with van der Waals surface area (Å²) < 4.78 is 50.7. The zero-order valence-electron chi connectivity index (χ0n) is 22.7. The van der Waals surface area contributed by atoms with Crippen LogP contribution in [0.4, 0.5) is 0 Å². The summed E-state index contributed by atoms with van der Waals surface area (Å²) in [6.45, 7) is 20.7. The third-order valence-corrected chi connectivity index (χ3v) is 8.07. The summed E-state index contributed by atoms with van der Waals surface area (Å²) in [6.07, 6.45) is -2.71. The van der Waals surface area contributed by atoms with Crippen LogP contribution < -0.4 is 0 Å². The van der Waals surface area contributed by atoms with Crippen molar-refractivity contribution in [3.63, 3.8) is 0 Å². The second kappa shape index (κ2) is 9.78. The highest BCUT2D eigenvalue weighted by Gasteiger charge is 2.59. The molecule has 6 atom stereocenters. The Morgan fingerprint density at radius 3 is 1.94 bits per heavy atom. The lowest BCUT2D eigenvalue weighted by atomic mass is 9.89. The average Bonchev–Trinajstić information content (AvgIpc) is 3.36. The van der Waals surface area contributed by atoms with Gasteiger partial charge in [0.2, 0.25) is 0 Å². The highest BCUT2D eigenvalue weighted by molar-refractivity contribution is 7.80. The van der Waals surface area contributed by atoms with Crippen molar-refractivity contribution in [1.82, 2.24) is 0 Å². The molecule has 3 fully saturated rings. The quantitative estimate of drug-likeness (QED) is 0.480. The van der Waals surface area contributed by atoms with E-state index in [0.29, 0.717) is 12.5 Å². The van der Waals surface area contributed by atoms with E-state index in [1.807, 2.05) is 27.7 Å². The molecule has 0 aromatic heterocycles. The molecule has 0 radical (unpaired) electrons. The van der Waals surface area contributed by atoms with Gasteiger partial charge < -0.3 is 23.7 Å². The summed E-state index contributed by atoms with van der Waals surface area (Å²) in [5.41, 5.74) is 3.35. The van der Waals surface area contributed by atoms with Gasteiger partial charge in [-0.25, -0.2) is 4.21 Å². The maximum Gasteiger partial charge on any atom is 0.190 e. The summed E-state index contributed by atoms with van der Waals surface area (Å²) in [5.74, 6) is -0.792. The van der Waals surface area contributed by atoms with Gasteiger partial charge in [0.1, 0.15) is 24.4 Å². The van der Waals surface area contributed by atoms with E-state index in [-0.39, 0.29) is 17.9 Å². The summed E-state index contributed by atoms with van der Waals surface area (Å²) >= 11 is -1.75. The molecule has 198 valence electrons. The van der Waals surface area contributed by atoms with Crippen molar-refractivity contribution < 1.29 is 32.1 Å². The molecule has 3 saturated heterocycles. The summed E-state index contributed by atoms with van der Waals surface area (Å²) in [7, 11) is 0. The lowest BCUT2D eigenvalue weighted by Crippen LogP contribution is -2.44. The van der Waals surface area contributed by atoms with Gasteiger partial charge in [0, 0.05) is 0 Å². The molecule has 8 heteroatoms. The van der Waals surface area contributed by atoms with Crippen molar-refractivity contribution in [2.24, 2.45) is 0 Å². The van der Waals surface area contributed by atoms with Crippen LogP contribution in [0.3, 0.4) is 0 Å². The van der Waals surface area contributed by atoms with E-state index in [1.165, 1.54) is 5.56 Å². The van der Waals surface area contributed by atoms with Crippen LogP contribution in [0.2, 0.25) is 0 Å².